The highest BCUT2D eigenvalue weighted by atomic mass is 19.4. The van der Waals surface area contributed by atoms with Gasteiger partial charge in [-0.3, -0.25) is 19.2 Å². The van der Waals surface area contributed by atoms with Gasteiger partial charge in [0.05, 0.1) is 5.56 Å². The molecule has 39 heavy (non-hydrogen) atoms. The molecule has 192 valence electrons. The van der Waals surface area contributed by atoms with Crippen LogP contribution in [0.2, 0.25) is 0 Å². The van der Waals surface area contributed by atoms with Crippen molar-refractivity contribution < 1.29 is 32.3 Å². The van der Waals surface area contributed by atoms with Crippen molar-refractivity contribution in [3.8, 4) is 0 Å². The van der Waals surface area contributed by atoms with Crippen LogP contribution in [0.3, 0.4) is 0 Å². The molecule has 1 aliphatic carbocycles. The van der Waals surface area contributed by atoms with Gasteiger partial charge >= 0.3 is 6.18 Å². The van der Waals surface area contributed by atoms with Crippen LogP contribution in [0, 0.1) is 0 Å². The predicted octanol–water partition coefficient (Wildman–Crippen LogP) is 6.63. The molecule has 0 aliphatic heterocycles. The number of anilines is 1. The summed E-state index contributed by atoms with van der Waals surface area (Å²) in [5.74, 6) is -1.68. The number of hydrogen-bond acceptors (Lipinski definition) is 4. The molecule has 0 radical (unpaired) electrons. The second-order valence-corrected chi connectivity index (χ2v) is 8.78. The predicted molar refractivity (Wildman–Crippen MR) is 139 cm³/mol. The van der Waals surface area contributed by atoms with Crippen molar-refractivity contribution >= 4 is 35.0 Å². The largest absolute Gasteiger partial charge is 0.416 e. The van der Waals surface area contributed by atoms with Crippen molar-refractivity contribution in [2.24, 2.45) is 0 Å². The van der Waals surface area contributed by atoms with Crippen molar-refractivity contribution in [2.45, 2.75) is 6.18 Å². The van der Waals surface area contributed by atoms with Gasteiger partial charge in [-0.05, 0) is 48.0 Å². The van der Waals surface area contributed by atoms with Crippen LogP contribution in [0.5, 0.6) is 0 Å². The Morgan fingerprint density at radius 2 is 1.31 bits per heavy atom. The van der Waals surface area contributed by atoms with Gasteiger partial charge in [-0.2, -0.15) is 13.2 Å². The Kier molecular flexibility index (Phi) is 6.54. The van der Waals surface area contributed by atoms with Crippen molar-refractivity contribution in [3.05, 3.63) is 142 Å². The maximum Gasteiger partial charge on any atom is 0.416 e. The van der Waals surface area contributed by atoms with Crippen LogP contribution in [0.15, 0.2) is 97.1 Å². The number of halogens is 3. The van der Waals surface area contributed by atoms with Gasteiger partial charge in [0.15, 0.2) is 17.3 Å². The Morgan fingerprint density at radius 3 is 1.95 bits per heavy atom. The van der Waals surface area contributed by atoms with Gasteiger partial charge in [-0.1, -0.05) is 60.7 Å². The minimum atomic E-state index is -4.47. The number of hydrogen-bond donors (Lipinski definition) is 1. The van der Waals surface area contributed by atoms with Crippen LogP contribution in [0.4, 0.5) is 18.9 Å². The Balaban J connectivity index is 1.30. The van der Waals surface area contributed by atoms with Gasteiger partial charge in [0, 0.05) is 39.1 Å². The first-order chi connectivity index (χ1) is 18.6. The number of amides is 1. The van der Waals surface area contributed by atoms with E-state index < -0.39 is 23.4 Å². The van der Waals surface area contributed by atoms with Gasteiger partial charge in [0.1, 0.15) is 0 Å². The molecular formula is C31H18F3NO4. The van der Waals surface area contributed by atoms with Crippen LogP contribution in [0.1, 0.15) is 63.7 Å². The van der Waals surface area contributed by atoms with E-state index in [4.69, 9.17) is 0 Å². The molecule has 5 rings (SSSR count). The number of carbonyl (C=O) groups excluding carboxylic acids is 4. The van der Waals surface area contributed by atoms with Crippen LogP contribution in [-0.4, -0.2) is 23.3 Å². The fourth-order valence-corrected chi connectivity index (χ4v) is 4.30. The summed E-state index contributed by atoms with van der Waals surface area (Å²) in [6.45, 7) is 0. The number of fused-ring (bicyclic) bond motifs is 2. The molecule has 4 aromatic carbocycles. The Hall–Kier alpha value is -5.11. The number of benzene rings is 4. The maximum absolute atomic E-state index is 13.1. The normalized spacial score (nSPS) is 12.7. The van der Waals surface area contributed by atoms with Gasteiger partial charge in [0.25, 0.3) is 5.91 Å². The van der Waals surface area contributed by atoms with E-state index in [1.807, 2.05) is 0 Å². The van der Waals surface area contributed by atoms with Crippen LogP contribution in [-0.2, 0) is 6.18 Å². The first kappa shape index (κ1) is 25.5. The molecule has 4 aromatic rings. The first-order valence-electron chi connectivity index (χ1n) is 11.8. The number of nitrogens with one attached hydrogen (secondary N) is 1. The molecule has 0 unspecified atom stereocenters. The van der Waals surface area contributed by atoms with E-state index in [9.17, 15) is 32.3 Å². The first-order valence-corrected chi connectivity index (χ1v) is 11.8. The van der Waals surface area contributed by atoms with E-state index in [0.29, 0.717) is 11.1 Å². The molecule has 5 nitrogen and oxygen atoms in total. The van der Waals surface area contributed by atoms with E-state index in [1.165, 1.54) is 48.6 Å². The second-order valence-electron chi connectivity index (χ2n) is 8.78. The summed E-state index contributed by atoms with van der Waals surface area (Å²) in [6.07, 6.45) is -1.67. The smallest absolute Gasteiger partial charge is 0.322 e. The SMILES string of the molecule is O=C(Nc1ccc(C(F)(F)F)cc1)c1ccc(/C=C/C(=O)c2cccc3c2C(=O)c2ccccc2C3=O)cc1. The summed E-state index contributed by atoms with van der Waals surface area (Å²) >= 11 is 0. The molecule has 1 aliphatic rings. The van der Waals surface area contributed by atoms with Crippen molar-refractivity contribution in [2.75, 3.05) is 5.32 Å². The number of rotatable bonds is 5. The second kappa shape index (κ2) is 9.98. The average molecular weight is 525 g/mol. The zero-order valence-corrected chi connectivity index (χ0v) is 20.1. The molecule has 1 amide bonds. The topological polar surface area (TPSA) is 80.3 Å². The lowest BCUT2D eigenvalue weighted by molar-refractivity contribution is -0.137. The quantitative estimate of drug-likeness (QED) is 0.206. The lowest BCUT2D eigenvalue weighted by Crippen LogP contribution is -2.23. The molecule has 0 saturated heterocycles. The zero-order valence-electron chi connectivity index (χ0n) is 20.1. The average Bonchev–Trinajstić information content (AvgIpc) is 2.94. The van der Waals surface area contributed by atoms with Crippen molar-refractivity contribution in [3.63, 3.8) is 0 Å². The summed E-state index contributed by atoms with van der Waals surface area (Å²) in [5, 5.41) is 2.53. The highest BCUT2D eigenvalue weighted by Crippen LogP contribution is 2.31. The number of carbonyl (C=O) groups is 4. The van der Waals surface area contributed by atoms with E-state index in [1.54, 1.807) is 42.5 Å². The Morgan fingerprint density at radius 1 is 0.692 bits per heavy atom. The van der Waals surface area contributed by atoms with Gasteiger partial charge in [0.2, 0.25) is 0 Å². The Bertz CT molecular complexity index is 1670. The monoisotopic (exact) mass is 525 g/mol. The molecule has 0 bridgehead atoms. The molecule has 1 N–H and O–H groups in total. The van der Waals surface area contributed by atoms with Crippen LogP contribution >= 0.6 is 0 Å². The number of alkyl halides is 3. The lowest BCUT2D eigenvalue weighted by atomic mass is 9.81. The summed E-state index contributed by atoms with van der Waals surface area (Å²) < 4.78 is 38.1. The van der Waals surface area contributed by atoms with E-state index in [0.717, 1.165) is 12.1 Å². The minimum absolute atomic E-state index is 0.0751. The van der Waals surface area contributed by atoms with Crippen molar-refractivity contribution in [1.82, 2.24) is 0 Å². The van der Waals surface area contributed by atoms with E-state index in [-0.39, 0.29) is 45.1 Å². The summed E-state index contributed by atoms with van der Waals surface area (Å²) in [6, 6.07) is 21.4. The maximum atomic E-state index is 13.1. The molecule has 8 heteroatoms. The minimum Gasteiger partial charge on any atom is -0.322 e. The highest BCUT2D eigenvalue weighted by molar-refractivity contribution is 6.31. The standard InChI is InChI=1S/C31H18F3NO4/c32-31(33,34)20-13-15-21(16-14-20)35-30(39)19-11-8-18(9-12-19)10-17-26(36)24-6-3-7-25-27(24)29(38)23-5-2-1-4-22(23)28(25)37/h1-17H,(H,35,39)/b17-10+. The molecule has 0 atom stereocenters. The number of allylic oxidation sites excluding steroid dienone is 1. The fraction of sp³-hybridized carbons (Fsp3) is 0.0323. The van der Waals surface area contributed by atoms with Gasteiger partial charge < -0.3 is 5.32 Å². The van der Waals surface area contributed by atoms with Crippen LogP contribution in [0.25, 0.3) is 6.08 Å². The Labute approximate surface area is 220 Å². The molecule has 0 spiro atoms. The summed E-state index contributed by atoms with van der Waals surface area (Å²) in [7, 11) is 0. The summed E-state index contributed by atoms with van der Waals surface area (Å²) in [5.41, 5.74) is 1.18. The molecule has 0 fully saturated rings. The third kappa shape index (κ3) is 5.04. The highest BCUT2D eigenvalue weighted by Gasteiger charge is 2.32. The van der Waals surface area contributed by atoms with Crippen LogP contribution < -0.4 is 5.32 Å². The summed E-state index contributed by atoms with van der Waals surface area (Å²) in [4.78, 5) is 51.5. The van der Waals surface area contributed by atoms with E-state index >= 15 is 0 Å². The zero-order chi connectivity index (χ0) is 27.7. The molecule has 0 heterocycles. The molecule has 0 aromatic heterocycles. The van der Waals surface area contributed by atoms with Gasteiger partial charge in [-0.25, -0.2) is 0 Å². The van der Waals surface area contributed by atoms with Gasteiger partial charge in [-0.15, -0.1) is 0 Å². The molecule has 0 saturated carbocycles. The molecular weight excluding hydrogens is 507 g/mol. The fourth-order valence-electron chi connectivity index (χ4n) is 4.30. The van der Waals surface area contributed by atoms with Crippen molar-refractivity contribution in [1.29, 1.82) is 0 Å². The third-order valence-electron chi connectivity index (χ3n) is 6.29. The number of ketones is 3. The lowest BCUT2D eigenvalue weighted by Gasteiger charge is -2.19. The van der Waals surface area contributed by atoms with E-state index in [2.05, 4.69) is 5.32 Å². The third-order valence-corrected chi connectivity index (χ3v) is 6.29.